The second-order valence-electron chi connectivity index (χ2n) is 8.59. The zero-order chi connectivity index (χ0) is 24.2. The molecular formula is C25H28N4O5. The number of nitrogens with one attached hydrogen (secondary N) is 2. The van der Waals surface area contributed by atoms with Gasteiger partial charge >= 0.3 is 12.1 Å². The van der Waals surface area contributed by atoms with Crippen LogP contribution >= 0.6 is 0 Å². The summed E-state index contributed by atoms with van der Waals surface area (Å²) in [5.41, 5.74) is 8.92. The summed E-state index contributed by atoms with van der Waals surface area (Å²) in [5.74, 6) is -0.606. The highest BCUT2D eigenvalue weighted by Crippen LogP contribution is 2.26. The van der Waals surface area contributed by atoms with Crippen LogP contribution in [-0.4, -0.2) is 46.8 Å². The Morgan fingerprint density at radius 1 is 1.06 bits per heavy atom. The molecule has 3 aromatic rings. The van der Waals surface area contributed by atoms with Crippen LogP contribution in [0.2, 0.25) is 0 Å². The van der Waals surface area contributed by atoms with Crippen molar-refractivity contribution in [3.63, 3.8) is 0 Å². The molecule has 1 aliphatic carbocycles. The monoisotopic (exact) mass is 464 g/mol. The molecule has 1 fully saturated rings. The molecule has 0 unspecified atom stereocenters. The third-order valence-electron chi connectivity index (χ3n) is 6.21. The van der Waals surface area contributed by atoms with Gasteiger partial charge in [-0.05, 0) is 61.6 Å². The van der Waals surface area contributed by atoms with Gasteiger partial charge in [-0.25, -0.2) is 9.59 Å². The van der Waals surface area contributed by atoms with Crippen molar-refractivity contribution < 1.29 is 24.2 Å². The lowest BCUT2D eigenvalue weighted by Gasteiger charge is -2.27. The minimum absolute atomic E-state index is 0.0716. The number of ether oxygens (including phenoxy) is 1. The Morgan fingerprint density at radius 3 is 2.41 bits per heavy atom. The summed E-state index contributed by atoms with van der Waals surface area (Å²) in [7, 11) is 1.33. The Labute approximate surface area is 196 Å². The van der Waals surface area contributed by atoms with Crippen molar-refractivity contribution >= 4 is 34.6 Å². The van der Waals surface area contributed by atoms with E-state index in [1.807, 2.05) is 22.8 Å². The maximum absolute atomic E-state index is 13.3. The number of benzene rings is 2. The van der Waals surface area contributed by atoms with Gasteiger partial charge in [-0.15, -0.1) is 0 Å². The average molecular weight is 465 g/mol. The smallest absolute Gasteiger partial charge is 0.409 e. The predicted octanol–water partition coefficient (Wildman–Crippen LogP) is 3.57. The fourth-order valence-electron chi connectivity index (χ4n) is 4.38. The molecule has 0 atom stereocenters. The van der Waals surface area contributed by atoms with Crippen LogP contribution in [0.4, 0.5) is 10.5 Å². The number of nitrogens with two attached hydrogens (primary N) is 1. The number of hydrogen-bond acceptors (Lipinski definition) is 5. The first-order chi connectivity index (χ1) is 16.3. The number of carboxylic acid groups (broad SMARTS) is 1. The number of methoxy groups -OCH3 is 1. The fourth-order valence-corrected chi connectivity index (χ4v) is 4.38. The van der Waals surface area contributed by atoms with Crippen molar-refractivity contribution in [2.24, 2.45) is 5.73 Å². The van der Waals surface area contributed by atoms with E-state index >= 15 is 0 Å². The standard InChI is InChI=1S/C25H28N4O5/c1-34-24(31)16-4-2-15(3-5-16)14-29-21-13-20(28-25(32)33)9-6-17(21)12-22(29)23(30)27-19-10-7-18(26)8-11-19/h2-6,9,12-13,18-19,28H,7-8,10-11,14,26H2,1H3,(H,27,30)(H,32,33)/t18-,19-. The Kier molecular flexibility index (Phi) is 6.83. The van der Waals surface area contributed by atoms with Crippen LogP contribution in [0.5, 0.6) is 0 Å². The normalized spacial score (nSPS) is 17.8. The van der Waals surface area contributed by atoms with Gasteiger partial charge in [0, 0.05) is 29.7 Å². The van der Waals surface area contributed by atoms with Crippen molar-refractivity contribution in [3.8, 4) is 0 Å². The highest BCUT2D eigenvalue weighted by atomic mass is 16.5. The van der Waals surface area contributed by atoms with Crippen molar-refractivity contribution in [2.45, 2.75) is 44.3 Å². The number of fused-ring (bicyclic) bond motifs is 1. The SMILES string of the molecule is COC(=O)c1ccc(Cn2c(C(=O)N[C@H]3CC[C@H](N)CC3)cc3ccc(NC(=O)O)cc32)cc1. The number of rotatable bonds is 6. The lowest BCUT2D eigenvalue weighted by molar-refractivity contribution is 0.0600. The molecule has 5 N–H and O–H groups in total. The number of amides is 2. The summed E-state index contributed by atoms with van der Waals surface area (Å²) in [6.07, 6.45) is 2.28. The lowest BCUT2D eigenvalue weighted by atomic mass is 9.92. The predicted molar refractivity (Wildman–Crippen MR) is 128 cm³/mol. The second kappa shape index (κ2) is 9.96. The van der Waals surface area contributed by atoms with E-state index in [4.69, 9.17) is 15.6 Å². The number of carbonyl (C=O) groups excluding carboxylic acids is 2. The van der Waals surface area contributed by atoms with E-state index < -0.39 is 12.1 Å². The van der Waals surface area contributed by atoms with Crippen LogP contribution in [-0.2, 0) is 11.3 Å². The Bertz CT molecular complexity index is 1210. The number of hydrogen-bond donors (Lipinski definition) is 4. The molecule has 0 saturated heterocycles. The van der Waals surface area contributed by atoms with Crippen molar-refractivity contribution in [2.75, 3.05) is 12.4 Å². The Balaban J connectivity index is 1.67. The average Bonchev–Trinajstić information content (AvgIpc) is 3.18. The molecule has 178 valence electrons. The fraction of sp³-hybridized carbons (Fsp3) is 0.320. The summed E-state index contributed by atoms with van der Waals surface area (Å²) in [5, 5.41) is 15.4. The molecule has 1 heterocycles. The lowest BCUT2D eigenvalue weighted by Crippen LogP contribution is -2.41. The van der Waals surface area contributed by atoms with Gasteiger partial charge in [0.25, 0.3) is 5.91 Å². The summed E-state index contributed by atoms with van der Waals surface area (Å²) >= 11 is 0. The molecule has 2 aromatic carbocycles. The van der Waals surface area contributed by atoms with Gasteiger partial charge in [0.2, 0.25) is 0 Å². The van der Waals surface area contributed by atoms with Crippen LogP contribution < -0.4 is 16.4 Å². The highest BCUT2D eigenvalue weighted by molar-refractivity contribution is 6.00. The van der Waals surface area contributed by atoms with Crippen molar-refractivity contribution in [1.29, 1.82) is 0 Å². The molecule has 0 bridgehead atoms. The number of aromatic nitrogens is 1. The van der Waals surface area contributed by atoms with Gasteiger partial charge in [-0.3, -0.25) is 10.1 Å². The molecule has 1 aromatic heterocycles. The highest BCUT2D eigenvalue weighted by Gasteiger charge is 2.23. The van der Waals surface area contributed by atoms with Crippen LogP contribution in [0.3, 0.4) is 0 Å². The van der Waals surface area contributed by atoms with Crippen molar-refractivity contribution in [1.82, 2.24) is 9.88 Å². The topological polar surface area (TPSA) is 136 Å². The Hall–Kier alpha value is -3.85. The number of esters is 1. The van der Waals surface area contributed by atoms with Crippen molar-refractivity contribution in [3.05, 3.63) is 65.4 Å². The maximum Gasteiger partial charge on any atom is 0.409 e. The molecule has 4 rings (SSSR count). The molecule has 1 saturated carbocycles. The largest absolute Gasteiger partial charge is 0.465 e. The van der Waals surface area contributed by atoms with E-state index in [2.05, 4.69) is 10.6 Å². The molecule has 2 amide bonds. The van der Waals surface area contributed by atoms with Crippen LogP contribution in [0, 0.1) is 0 Å². The van der Waals surface area contributed by atoms with E-state index in [9.17, 15) is 14.4 Å². The van der Waals surface area contributed by atoms with E-state index in [0.29, 0.717) is 23.5 Å². The first-order valence-electron chi connectivity index (χ1n) is 11.2. The van der Waals surface area contributed by atoms with Gasteiger partial charge in [-0.2, -0.15) is 0 Å². The Morgan fingerprint density at radius 2 is 1.76 bits per heavy atom. The first kappa shape index (κ1) is 23.3. The zero-order valence-corrected chi connectivity index (χ0v) is 18.9. The molecule has 0 aliphatic heterocycles. The third-order valence-corrected chi connectivity index (χ3v) is 6.21. The van der Waals surface area contributed by atoms with E-state index in [0.717, 1.165) is 42.1 Å². The van der Waals surface area contributed by atoms with Crippen LogP contribution in [0.15, 0.2) is 48.5 Å². The number of nitrogens with zero attached hydrogens (tertiary/aromatic N) is 1. The van der Waals surface area contributed by atoms with E-state index in [-0.39, 0.29) is 18.0 Å². The quantitative estimate of drug-likeness (QED) is 0.412. The molecule has 0 spiro atoms. The van der Waals surface area contributed by atoms with E-state index in [1.54, 1.807) is 30.3 Å². The summed E-state index contributed by atoms with van der Waals surface area (Å²) in [6, 6.07) is 14.2. The van der Waals surface area contributed by atoms with Crippen LogP contribution in [0.1, 0.15) is 52.1 Å². The molecule has 9 nitrogen and oxygen atoms in total. The molecule has 9 heteroatoms. The number of anilines is 1. The van der Waals surface area contributed by atoms with Gasteiger partial charge < -0.3 is 25.5 Å². The molecule has 34 heavy (non-hydrogen) atoms. The summed E-state index contributed by atoms with van der Waals surface area (Å²) in [4.78, 5) is 36.2. The van der Waals surface area contributed by atoms with Gasteiger partial charge in [0.05, 0.1) is 18.2 Å². The summed E-state index contributed by atoms with van der Waals surface area (Å²) in [6.45, 7) is 0.361. The minimum atomic E-state index is -1.16. The maximum atomic E-state index is 13.3. The summed E-state index contributed by atoms with van der Waals surface area (Å²) < 4.78 is 6.61. The number of carbonyl (C=O) groups is 3. The molecular weight excluding hydrogens is 436 g/mol. The van der Waals surface area contributed by atoms with Crippen LogP contribution in [0.25, 0.3) is 10.9 Å². The van der Waals surface area contributed by atoms with Gasteiger partial charge in [-0.1, -0.05) is 18.2 Å². The minimum Gasteiger partial charge on any atom is -0.465 e. The van der Waals surface area contributed by atoms with E-state index in [1.165, 1.54) is 7.11 Å². The molecule has 0 radical (unpaired) electrons. The molecule has 1 aliphatic rings. The zero-order valence-electron chi connectivity index (χ0n) is 18.9. The van der Waals surface area contributed by atoms with Gasteiger partial charge in [0.15, 0.2) is 0 Å². The van der Waals surface area contributed by atoms with Gasteiger partial charge in [0.1, 0.15) is 5.69 Å². The first-order valence-corrected chi connectivity index (χ1v) is 11.2. The third kappa shape index (κ3) is 5.20. The second-order valence-corrected chi connectivity index (χ2v) is 8.59.